The van der Waals surface area contributed by atoms with E-state index in [1.807, 2.05) is 0 Å². The SMILES string of the molecule is COc1ccc(C)cc1S(=O)(=O)NCC[C@H](O)C(=O)O. The molecule has 0 saturated carbocycles. The molecule has 112 valence electrons. The first-order valence-electron chi connectivity index (χ1n) is 5.83. The second-order valence-corrected chi connectivity index (χ2v) is 5.93. The van der Waals surface area contributed by atoms with Crippen LogP contribution in [-0.4, -0.2) is 44.4 Å². The van der Waals surface area contributed by atoms with Gasteiger partial charge in [-0.15, -0.1) is 0 Å². The summed E-state index contributed by atoms with van der Waals surface area (Å²) in [7, 11) is -2.47. The van der Waals surface area contributed by atoms with E-state index in [4.69, 9.17) is 14.9 Å². The van der Waals surface area contributed by atoms with Crippen molar-refractivity contribution in [1.82, 2.24) is 4.72 Å². The van der Waals surface area contributed by atoms with E-state index in [1.54, 1.807) is 13.0 Å². The highest BCUT2D eigenvalue weighted by Crippen LogP contribution is 2.24. The van der Waals surface area contributed by atoms with Gasteiger partial charge in [0.15, 0.2) is 6.10 Å². The van der Waals surface area contributed by atoms with Gasteiger partial charge in [-0.1, -0.05) is 6.07 Å². The summed E-state index contributed by atoms with van der Waals surface area (Å²) in [5, 5.41) is 17.6. The molecule has 8 heteroatoms. The summed E-state index contributed by atoms with van der Waals surface area (Å²) < 4.78 is 31.4. The van der Waals surface area contributed by atoms with Crippen molar-refractivity contribution in [1.29, 1.82) is 0 Å². The molecule has 7 nitrogen and oxygen atoms in total. The Morgan fingerprint density at radius 3 is 2.65 bits per heavy atom. The van der Waals surface area contributed by atoms with E-state index in [0.717, 1.165) is 5.56 Å². The van der Waals surface area contributed by atoms with Crippen molar-refractivity contribution < 1.29 is 28.2 Å². The molecule has 0 aliphatic heterocycles. The van der Waals surface area contributed by atoms with E-state index in [9.17, 15) is 13.2 Å². The first-order chi connectivity index (χ1) is 9.27. The van der Waals surface area contributed by atoms with Crippen molar-refractivity contribution in [2.75, 3.05) is 13.7 Å². The van der Waals surface area contributed by atoms with Crippen LogP contribution in [0.5, 0.6) is 5.75 Å². The van der Waals surface area contributed by atoms with Crippen molar-refractivity contribution in [3.8, 4) is 5.75 Å². The average molecular weight is 303 g/mol. The second-order valence-electron chi connectivity index (χ2n) is 4.19. The molecular formula is C12H17NO6S. The number of hydrogen-bond acceptors (Lipinski definition) is 5. The van der Waals surface area contributed by atoms with E-state index < -0.39 is 22.1 Å². The Hall–Kier alpha value is -1.64. The molecule has 0 unspecified atom stereocenters. The van der Waals surface area contributed by atoms with E-state index in [-0.39, 0.29) is 23.6 Å². The van der Waals surface area contributed by atoms with Gasteiger partial charge in [-0.05, 0) is 31.0 Å². The molecule has 0 amide bonds. The molecular weight excluding hydrogens is 286 g/mol. The van der Waals surface area contributed by atoms with Crippen LogP contribution in [0, 0.1) is 6.92 Å². The second kappa shape index (κ2) is 6.69. The van der Waals surface area contributed by atoms with Gasteiger partial charge in [0.2, 0.25) is 10.0 Å². The molecule has 0 aromatic heterocycles. The van der Waals surface area contributed by atoms with Gasteiger partial charge in [0.05, 0.1) is 7.11 Å². The number of carboxylic acids is 1. The Morgan fingerprint density at radius 1 is 1.45 bits per heavy atom. The van der Waals surface area contributed by atoms with Crippen LogP contribution in [0.3, 0.4) is 0 Å². The molecule has 3 N–H and O–H groups in total. The van der Waals surface area contributed by atoms with Crippen LogP contribution >= 0.6 is 0 Å². The Labute approximate surface area is 117 Å². The van der Waals surface area contributed by atoms with Gasteiger partial charge >= 0.3 is 5.97 Å². The summed E-state index contributed by atoms with van der Waals surface area (Å²) in [6.07, 6.45) is -1.82. The average Bonchev–Trinajstić information content (AvgIpc) is 2.38. The third kappa shape index (κ3) is 4.19. The molecule has 0 fully saturated rings. The minimum absolute atomic E-state index is 0.0233. The standard InChI is InChI=1S/C12H17NO6S/c1-8-3-4-10(19-2)11(7-8)20(17,18)13-6-5-9(14)12(15)16/h3-4,7,9,13-14H,5-6H2,1-2H3,(H,15,16)/t9-/m0/s1. The Bertz CT molecular complexity index is 584. The lowest BCUT2D eigenvalue weighted by molar-refractivity contribution is -0.146. The van der Waals surface area contributed by atoms with Gasteiger partial charge in [-0.2, -0.15) is 0 Å². The lowest BCUT2D eigenvalue weighted by Gasteiger charge is -2.12. The molecule has 0 spiro atoms. The smallest absolute Gasteiger partial charge is 0.332 e. The van der Waals surface area contributed by atoms with E-state index >= 15 is 0 Å². The van der Waals surface area contributed by atoms with Gasteiger partial charge < -0.3 is 14.9 Å². The Morgan fingerprint density at radius 2 is 2.10 bits per heavy atom. The monoisotopic (exact) mass is 303 g/mol. The third-order valence-electron chi connectivity index (χ3n) is 2.60. The maximum Gasteiger partial charge on any atom is 0.332 e. The fourth-order valence-corrected chi connectivity index (χ4v) is 2.82. The zero-order valence-corrected chi connectivity index (χ0v) is 12.0. The molecule has 1 aromatic carbocycles. The summed E-state index contributed by atoms with van der Waals surface area (Å²) in [6, 6.07) is 4.71. The molecule has 1 rings (SSSR count). The molecule has 1 atom stereocenters. The minimum atomic E-state index is -3.83. The largest absolute Gasteiger partial charge is 0.495 e. The normalized spacial score (nSPS) is 12.9. The zero-order valence-electron chi connectivity index (χ0n) is 11.2. The third-order valence-corrected chi connectivity index (χ3v) is 4.09. The highest BCUT2D eigenvalue weighted by molar-refractivity contribution is 7.89. The number of ether oxygens (including phenoxy) is 1. The molecule has 1 aromatic rings. The lowest BCUT2D eigenvalue weighted by Crippen LogP contribution is -2.30. The maximum absolute atomic E-state index is 12.1. The zero-order chi connectivity index (χ0) is 15.3. The minimum Gasteiger partial charge on any atom is -0.495 e. The van der Waals surface area contributed by atoms with Crippen LogP contribution in [-0.2, 0) is 14.8 Å². The van der Waals surface area contributed by atoms with Gasteiger partial charge in [0.1, 0.15) is 10.6 Å². The highest BCUT2D eigenvalue weighted by atomic mass is 32.2. The molecule has 0 radical (unpaired) electrons. The summed E-state index contributed by atoms with van der Waals surface area (Å²) in [5.41, 5.74) is 0.747. The number of sulfonamides is 1. The number of benzene rings is 1. The summed E-state index contributed by atoms with van der Waals surface area (Å²) in [5.74, 6) is -1.20. The Balaban J connectivity index is 2.84. The van der Waals surface area contributed by atoms with Crippen molar-refractivity contribution in [2.45, 2.75) is 24.3 Å². The van der Waals surface area contributed by atoms with Crippen molar-refractivity contribution >= 4 is 16.0 Å². The van der Waals surface area contributed by atoms with Crippen LogP contribution in [0.4, 0.5) is 0 Å². The number of hydrogen-bond donors (Lipinski definition) is 3. The summed E-state index contributed by atoms with van der Waals surface area (Å²) >= 11 is 0. The topological polar surface area (TPSA) is 113 Å². The number of carbonyl (C=O) groups is 1. The summed E-state index contributed by atoms with van der Waals surface area (Å²) in [6.45, 7) is 1.56. The molecule has 0 aliphatic rings. The highest BCUT2D eigenvalue weighted by Gasteiger charge is 2.20. The number of methoxy groups -OCH3 is 1. The van der Waals surface area contributed by atoms with Crippen molar-refractivity contribution in [3.63, 3.8) is 0 Å². The molecule has 0 bridgehead atoms. The number of aliphatic carboxylic acids is 1. The maximum atomic E-state index is 12.1. The van der Waals surface area contributed by atoms with Crippen LogP contribution < -0.4 is 9.46 Å². The molecule has 0 heterocycles. The first-order valence-corrected chi connectivity index (χ1v) is 7.31. The molecule has 0 saturated heterocycles. The fraction of sp³-hybridized carbons (Fsp3) is 0.417. The number of aliphatic hydroxyl groups is 1. The predicted molar refractivity (Wildman–Crippen MR) is 71.2 cm³/mol. The van der Waals surface area contributed by atoms with Gasteiger partial charge in [0, 0.05) is 6.54 Å². The van der Waals surface area contributed by atoms with Gasteiger partial charge in [0.25, 0.3) is 0 Å². The lowest BCUT2D eigenvalue weighted by atomic mass is 10.2. The first kappa shape index (κ1) is 16.4. The fourth-order valence-electron chi connectivity index (χ4n) is 1.53. The Kier molecular flexibility index (Phi) is 5.49. The summed E-state index contributed by atoms with van der Waals surface area (Å²) in [4.78, 5) is 10.4. The number of rotatable bonds is 7. The van der Waals surface area contributed by atoms with Crippen LogP contribution in [0.1, 0.15) is 12.0 Å². The van der Waals surface area contributed by atoms with E-state index in [1.165, 1.54) is 19.2 Å². The molecule has 0 aliphatic carbocycles. The molecule has 20 heavy (non-hydrogen) atoms. The predicted octanol–water partition coefficient (Wildman–Crippen LogP) is 0.118. The van der Waals surface area contributed by atoms with Crippen molar-refractivity contribution in [3.05, 3.63) is 23.8 Å². The van der Waals surface area contributed by atoms with E-state index in [0.29, 0.717) is 0 Å². The van der Waals surface area contributed by atoms with Crippen molar-refractivity contribution in [2.24, 2.45) is 0 Å². The van der Waals surface area contributed by atoms with Crippen LogP contribution in [0.15, 0.2) is 23.1 Å². The van der Waals surface area contributed by atoms with Gasteiger partial charge in [-0.3, -0.25) is 0 Å². The van der Waals surface area contributed by atoms with Crippen LogP contribution in [0.25, 0.3) is 0 Å². The number of nitrogens with one attached hydrogen (secondary N) is 1. The number of aryl methyl sites for hydroxylation is 1. The number of carboxylic acid groups (broad SMARTS) is 1. The quantitative estimate of drug-likeness (QED) is 0.659. The van der Waals surface area contributed by atoms with Crippen LogP contribution in [0.2, 0.25) is 0 Å². The van der Waals surface area contributed by atoms with E-state index in [2.05, 4.69) is 4.72 Å². The number of aliphatic hydroxyl groups excluding tert-OH is 1. The van der Waals surface area contributed by atoms with Gasteiger partial charge in [-0.25, -0.2) is 17.9 Å².